The van der Waals surface area contributed by atoms with E-state index in [0.29, 0.717) is 61.5 Å². The largest absolute Gasteiger partial charge is 0.497 e. The molecule has 10 heteroatoms. The van der Waals surface area contributed by atoms with E-state index in [4.69, 9.17) is 14.9 Å². The standard InChI is InChI=1S/C25H24BrN5O4/c1-34-20-7-8-22(21(14-20)25(33)29-23-9-4-18(26)15-28-23)31(16-32)19-5-2-17(3-6-19)24(27)30-10-12-35-13-11-30/h2-9,14-16,27H,10-13H2,1H3,(H,28,29,33). The predicted octanol–water partition coefficient (Wildman–Crippen LogP) is 4.06. The molecule has 35 heavy (non-hydrogen) atoms. The van der Waals surface area contributed by atoms with Crippen molar-refractivity contribution in [1.29, 1.82) is 5.41 Å². The molecule has 0 saturated carbocycles. The molecule has 0 radical (unpaired) electrons. The molecule has 9 nitrogen and oxygen atoms in total. The normalized spacial score (nSPS) is 13.1. The lowest BCUT2D eigenvalue weighted by atomic mass is 10.1. The van der Waals surface area contributed by atoms with E-state index in [2.05, 4.69) is 26.2 Å². The summed E-state index contributed by atoms with van der Waals surface area (Å²) in [7, 11) is 1.51. The summed E-state index contributed by atoms with van der Waals surface area (Å²) < 4.78 is 11.4. The topological polar surface area (TPSA) is 108 Å². The Balaban J connectivity index is 1.61. The fourth-order valence-corrected chi connectivity index (χ4v) is 3.91. The molecule has 0 atom stereocenters. The van der Waals surface area contributed by atoms with E-state index in [1.165, 1.54) is 12.0 Å². The quantitative estimate of drug-likeness (QED) is 0.267. The van der Waals surface area contributed by atoms with Crippen molar-refractivity contribution in [3.63, 3.8) is 0 Å². The third kappa shape index (κ3) is 5.67. The van der Waals surface area contributed by atoms with Crippen LogP contribution in [-0.2, 0) is 9.53 Å². The number of anilines is 3. The number of amides is 2. The lowest BCUT2D eigenvalue weighted by molar-refractivity contribution is -0.106. The van der Waals surface area contributed by atoms with Gasteiger partial charge in [-0.15, -0.1) is 0 Å². The van der Waals surface area contributed by atoms with E-state index >= 15 is 0 Å². The van der Waals surface area contributed by atoms with Crippen LogP contribution in [0.1, 0.15) is 15.9 Å². The molecular weight excluding hydrogens is 514 g/mol. The van der Waals surface area contributed by atoms with Crippen LogP contribution in [0.5, 0.6) is 5.75 Å². The maximum atomic E-state index is 13.2. The van der Waals surface area contributed by atoms with Crippen molar-refractivity contribution in [2.45, 2.75) is 0 Å². The van der Waals surface area contributed by atoms with E-state index in [0.717, 1.165) is 10.0 Å². The van der Waals surface area contributed by atoms with Crippen LogP contribution in [0.3, 0.4) is 0 Å². The molecule has 3 aromatic rings. The van der Waals surface area contributed by atoms with Crippen LogP contribution in [0.4, 0.5) is 17.2 Å². The second-order valence-electron chi connectivity index (χ2n) is 7.67. The van der Waals surface area contributed by atoms with Crippen molar-refractivity contribution >= 4 is 51.3 Å². The van der Waals surface area contributed by atoms with Gasteiger partial charge in [-0.05, 0) is 70.5 Å². The van der Waals surface area contributed by atoms with Gasteiger partial charge < -0.3 is 19.7 Å². The van der Waals surface area contributed by atoms with Gasteiger partial charge in [-0.1, -0.05) is 0 Å². The minimum atomic E-state index is -0.439. The number of amidine groups is 1. The number of carbonyl (C=O) groups excluding carboxylic acids is 2. The zero-order chi connectivity index (χ0) is 24.8. The molecule has 0 spiro atoms. The van der Waals surface area contributed by atoms with E-state index in [9.17, 15) is 9.59 Å². The minimum absolute atomic E-state index is 0.242. The third-order valence-corrected chi connectivity index (χ3v) is 6.00. The smallest absolute Gasteiger partial charge is 0.259 e. The Morgan fingerprint density at radius 2 is 1.91 bits per heavy atom. The zero-order valence-corrected chi connectivity index (χ0v) is 20.6. The van der Waals surface area contributed by atoms with Crippen molar-refractivity contribution in [2.75, 3.05) is 43.6 Å². The van der Waals surface area contributed by atoms with Crippen molar-refractivity contribution in [3.05, 3.63) is 76.4 Å². The molecule has 1 aromatic heterocycles. The van der Waals surface area contributed by atoms with Gasteiger partial charge in [0, 0.05) is 35.0 Å². The summed E-state index contributed by atoms with van der Waals surface area (Å²) >= 11 is 3.32. The van der Waals surface area contributed by atoms with Gasteiger partial charge in [0.15, 0.2) is 0 Å². The number of methoxy groups -OCH3 is 1. The summed E-state index contributed by atoms with van der Waals surface area (Å²) in [5.74, 6) is 0.814. The Kier molecular flexibility index (Phi) is 7.74. The molecule has 1 saturated heterocycles. The van der Waals surface area contributed by atoms with E-state index in [1.54, 1.807) is 60.8 Å². The molecule has 2 amide bonds. The molecule has 2 aromatic carbocycles. The Hall–Kier alpha value is -3.76. The first-order chi connectivity index (χ1) is 17.0. The van der Waals surface area contributed by atoms with Gasteiger partial charge in [-0.3, -0.25) is 19.9 Å². The number of ether oxygens (including phenoxy) is 2. The van der Waals surface area contributed by atoms with Crippen LogP contribution in [0.15, 0.2) is 65.3 Å². The fourth-order valence-electron chi connectivity index (χ4n) is 3.67. The third-order valence-electron chi connectivity index (χ3n) is 5.53. The van der Waals surface area contributed by atoms with Gasteiger partial charge >= 0.3 is 0 Å². The summed E-state index contributed by atoms with van der Waals surface area (Å²) in [4.78, 5) is 32.8. The van der Waals surface area contributed by atoms with Crippen molar-refractivity contribution < 1.29 is 19.1 Å². The lowest BCUT2D eigenvalue weighted by Gasteiger charge is -2.29. The fraction of sp³-hybridized carbons (Fsp3) is 0.200. The minimum Gasteiger partial charge on any atom is -0.497 e. The number of aromatic nitrogens is 1. The van der Waals surface area contributed by atoms with Gasteiger partial charge in [0.1, 0.15) is 17.4 Å². The number of benzene rings is 2. The molecule has 1 aliphatic heterocycles. The van der Waals surface area contributed by atoms with Gasteiger partial charge in [-0.2, -0.15) is 0 Å². The zero-order valence-electron chi connectivity index (χ0n) is 19.0. The SMILES string of the molecule is COc1ccc(N(C=O)c2ccc(C(=N)N3CCOCC3)cc2)c(C(=O)Nc2ccc(Br)cn2)c1. The predicted molar refractivity (Wildman–Crippen MR) is 137 cm³/mol. The maximum absolute atomic E-state index is 13.2. The number of halogens is 1. The summed E-state index contributed by atoms with van der Waals surface area (Å²) in [6, 6.07) is 15.4. The van der Waals surface area contributed by atoms with Crippen LogP contribution < -0.4 is 15.0 Å². The van der Waals surface area contributed by atoms with Gasteiger partial charge in [-0.25, -0.2) is 4.98 Å². The highest BCUT2D eigenvalue weighted by Gasteiger charge is 2.21. The van der Waals surface area contributed by atoms with Crippen LogP contribution in [0, 0.1) is 5.41 Å². The van der Waals surface area contributed by atoms with Crippen LogP contribution in [0.2, 0.25) is 0 Å². The number of pyridine rings is 1. The molecule has 0 unspecified atom stereocenters. The molecule has 180 valence electrons. The number of nitrogens with one attached hydrogen (secondary N) is 2. The first kappa shape index (κ1) is 24.4. The Morgan fingerprint density at radius 1 is 1.17 bits per heavy atom. The summed E-state index contributed by atoms with van der Waals surface area (Å²) in [5, 5.41) is 11.2. The number of hydrogen-bond acceptors (Lipinski definition) is 6. The molecule has 2 heterocycles. The monoisotopic (exact) mass is 537 g/mol. The Morgan fingerprint density at radius 3 is 2.54 bits per heavy atom. The summed E-state index contributed by atoms with van der Waals surface area (Å²) in [6.45, 7) is 2.52. The number of rotatable bonds is 7. The molecule has 0 bridgehead atoms. The van der Waals surface area contributed by atoms with E-state index in [-0.39, 0.29) is 5.56 Å². The highest BCUT2D eigenvalue weighted by atomic mass is 79.9. The highest BCUT2D eigenvalue weighted by Crippen LogP contribution is 2.31. The van der Waals surface area contributed by atoms with Crippen molar-refractivity contribution in [3.8, 4) is 5.75 Å². The average molecular weight is 538 g/mol. The van der Waals surface area contributed by atoms with Gasteiger partial charge in [0.2, 0.25) is 6.41 Å². The van der Waals surface area contributed by atoms with Crippen LogP contribution in [-0.4, -0.2) is 61.4 Å². The van der Waals surface area contributed by atoms with Crippen LogP contribution >= 0.6 is 15.9 Å². The Bertz CT molecular complexity index is 1210. The second-order valence-corrected chi connectivity index (χ2v) is 8.58. The Labute approximate surface area is 211 Å². The van der Waals surface area contributed by atoms with Gasteiger partial charge in [0.25, 0.3) is 5.91 Å². The maximum Gasteiger partial charge on any atom is 0.259 e. The summed E-state index contributed by atoms with van der Waals surface area (Å²) in [5.41, 5.74) is 1.91. The molecule has 2 N–H and O–H groups in total. The highest BCUT2D eigenvalue weighted by molar-refractivity contribution is 9.10. The number of morpholine rings is 1. The van der Waals surface area contributed by atoms with Gasteiger partial charge in [0.05, 0.1) is 31.6 Å². The second kappa shape index (κ2) is 11.1. The molecule has 1 aliphatic rings. The van der Waals surface area contributed by atoms with Crippen LogP contribution in [0.25, 0.3) is 0 Å². The van der Waals surface area contributed by atoms with E-state index < -0.39 is 5.91 Å². The number of hydrogen-bond donors (Lipinski definition) is 2. The van der Waals surface area contributed by atoms with Crippen molar-refractivity contribution in [1.82, 2.24) is 9.88 Å². The first-order valence-electron chi connectivity index (χ1n) is 10.9. The molecular formula is C25H24BrN5O4. The number of carbonyl (C=O) groups is 2. The average Bonchev–Trinajstić information content (AvgIpc) is 2.91. The summed E-state index contributed by atoms with van der Waals surface area (Å²) in [6.07, 6.45) is 2.23. The first-order valence-corrected chi connectivity index (χ1v) is 11.7. The van der Waals surface area contributed by atoms with Crippen molar-refractivity contribution in [2.24, 2.45) is 0 Å². The molecule has 4 rings (SSSR count). The number of nitrogens with zero attached hydrogens (tertiary/aromatic N) is 3. The van der Waals surface area contributed by atoms with E-state index in [1.807, 2.05) is 4.90 Å². The lowest BCUT2D eigenvalue weighted by Crippen LogP contribution is -2.40. The molecule has 0 aliphatic carbocycles. The molecule has 1 fully saturated rings.